The molecule has 0 unspecified atom stereocenters. The minimum atomic E-state index is -4.61. The van der Waals surface area contributed by atoms with Gasteiger partial charge in [0.05, 0.1) is 5.56 Å². The Morgan fingerprint density at radius 2 is 1.90 bits per heavy atom. The quantitative estimate of drug-likeness (QED) is 0.901. The highest BCUT2D eigenvalue weighted by Gasteiger charge is 2.33. The van der Waals surface area contributed by atoms with Gasteiger partial charge in [0.25, 0.3) is 0 Å². The van der Waals surface area contributed by atoms with Crippen LogP contribution in [0.3, 0.4) is 0 Å². The van der Waals surface area contributed by atoms with Gasteiger partial charge in [-0.25, -0.2) is 4.79 Å². The highest BCUT2D eigenvalue weighted by atomic mass is 32.1. The number of thiophene rings is 1. The Balaban J connectivity index is 2.25. The number of aromatic carboxylic acids is 1. The van der Waals surface area contributed by atoms with Gasteiger partial charge in [0, 0.05) is 4.88 Å². The van der Waals surface area contributed by atoms with Gasteiger partial charge in [-0.1, -0.05) is 0 Å². The van der Waals surface area contributed by atoms with Crippen LogP contribution in [-0.4, -0.2) is 23.2 Å². The van der Waals surface area contributed by atoms with Crippen molar-refractivity contribution >= 4 is 28.2 Å². The average molecular weight is 307 g/mol. The SMILES string of the molecule is O=C(CC(F)(F)F)Nc1sc2c(c1C(=O)O)CCCC2. The summed E-state index contributed by atoms with van der Waals surface area (Å²) < 4.78 is 36.4. The average Bonchev–Trinajstić information content (AvgIpc) is 2.63. The molecular weight excluding hydrogens is 295 g/mol. The molecule has 0 bridgehead atoms. The lowest BCUT2D eigenvalue weighted by Gasteiger charge is -2.10. The molecule has 20 heavy (non-hydrogen) atoms. The molecule has 0 fully saturated rings. The van der Waals surface area contributed by atoms with E-state index in [-0.39, 0.29) is 10.6 Å². The van der Waals surface area contributed by atoms with Gasteiger partial charge in [0.1, 0.15) is 11.4 Å². The molecule has 0 atom stereocenters. The number of carboxylic acids is 1. The van der Waals surface area contributed by atoms with Crippen LogP contribution < -0.4 is 5.32 Å². The molecule has 1 aromatic rings. The zero-order valence-corrected chi connectivity index (χ0v) is 11.2. The summed E-state index contributed by atoms with van der Waals surface area (Å²) in [5.74, 6) is -2.45. The van der Waals surface area contributed by atoms with Gasteiger partial charge in [-0.05, 0) is 31.2 Å². The number of anilines is 1. The van der Waals surface area contributed by atoms with Crippen molar-refractivity contribution in [2.45, 2.75) is 38.3 Å². The number of hydrogen-bond acceptors (Lipinski definition) is 3. The maximum absolute atomic E-state index is 12.1. The highest BCUT2D eigenvalue weighted by molar-refractivity contribution is 7.17. The third kappa shape index (κ3) is 3.30. The predicted molar refractivity (Wildman–Crippen MR) is 67.2 cm³/mol. The number of hydrogen-bond donors (Lipinski definition) is 2. The summed E-state index contributed by atoms with van der Waals surface area (Å²) in [5.41, 5.74) is 0.594. The molecule has 0 aliphatic heterocycles. The van der Waals surface area contributed by atoms with E-state index in [0.717, 1.165) is 29.1 Å². The molecule has 0 saturated heterocycles. The summed E-state index contributed by atoms with van der Waals surface area (Å²) in [4.78, 5) is 23.4. The van der Waals surface area contributed by atoms with E-state index < -0.39 is 24.5 Å². The molecule has 1 aliphatic carbocycles. The third-order valence-corrected chi connectivity index (χ3v) is 4.21. The molecule has 1 aliphatic rings. The maximum atomic E-state index is 12.1. The van der Waals surface area contributed by atoms with E-state index in [9.17, 15) is 27.9 Å². The fourth-order valence-electron chi connectivity index (χ4n) is 2.23. The van der Waals surface area contributed by atoms with Crippen molar-refractivity contribution in [2.75, 3.05) is 5.32 Å². The number of rotatable bonds is 3. The fourth-order valence-corrected chi connectivity index (χ4v) is 3.53. The van der Waals surface area contributed by atoms with E-state index in [0.29, 0.717) is 18.4 Å². The van der Waals surface area contributed by atoms with Gasteiger partial charge in [0.2, 0.25) is 5.91 Å². The summed E-state index contributed by atoms with van der Waals surface area (Å²) in [7, 11) is 0. The lowest BCUT2D eigenvalue weighted by atomic mass is 9.95. The first-order valence-corrected chi connectivity index (χ1v) is 6.84. The molecule has 2 rings (SSSR count). The summed E-state index contributed by atoms with van der Waals surface area (Å²) in [6.45, 7) is 0. The first kappa shape index (κ1) is 14.8. The van der Waals surface area contributed by atoms with Crippen molar-refractivity contribution in [1.82, 2.24) is 0 Å². The Hall–Kier alpha value is -1.57. The molecule has 1 aromatic heterocycles. The van der Waals surface area contributed by atoms with Crippen LogP contribution in [0.4, 0.5) is 18.2 Å². The van der Waals surface area contributed by atoms with E-state index in [1.54, 1.807) is 0 Å². The van der Waals surface area contributed by atoms with Crippen molar-refractivity contribution < 1.29 is 27.9 Å². The number of aryl methyl sites for hydroxylation is 1. The van der Waals surface area contributed by atoms with Gasteiger partial charge in [-0.2, -0.15) is 13.2 Å². The van der Waals surface area contributed by atoms with Gasteiger partial charge in [-0.15, -0.1) is 11.3 Å². The van der Waals surface area contributed by atoms with E-state index in [1.807, 2.05) is 0 Å². The minimum absolute atomic E-state index is 0.0126. The largest absolute Gasteiger partial charge is 0.478 e. The summed E-state index contributed by atoms with van der Waals surface area (Å²) in [6, 6.07) is 0. The van der Waals surface area contributed by atoms with E-state index >= 15 is 0 Å². The summed E-state index contributed by atoms with van der Waals surface area (Å²) in [6.07, 6.45) is -3.17. The number of halogens is 3. The molecule has 0 aromatic carbocycles. The molecule has 0 radical (unpaired) electrons. The van der Waals surface area contributed by atoms with Crippen molar-refractivity contribution in [1.29, 1.82) is 0 Å². The molecule has 2 N–H and O–H groups in total. The predicted octanol–water partition coefficient (Wildman–Crippen LogP) is 3.22. The number of carbonyl (C=O) groups excluding carboxylic acids is 1. The lowest BCUT2D eigenvalue weighted by Crippen LogP contribution is -2.21. The fraction of sp³-hybridized carbons (Fsp3) is 0.500. The number of alkyl halides is 3. The standard InChI is InChI=1S/C12H12F3NO3S/c13-12(14,15)5-8(17)16-10-9(11(18)19)6-3-1-2-4-7(6)20-10/h1-5H2,(H,16,17)(H,18,19). The van der Waals surface area contributed by atoms with Crippen LogP contribution in [0, 0.1) is 0 Å². The molecular formula is C12H12F3NO3S. The van der Waals surface area contributed by atoms with Crippen LogP contribution in [0.25, 0.3) is 0 Å². The molecule has 1 amide bonds. The second-order valence-electron chi connectivity index (χ2n) is 4.56. The summed E-state index contributed by atoms with van der Waals surface area (Å²) >= 11 is 1.06. The summed E-state index contributed by atoms with van der Waals surface area (Å²) in [5, 5.41) is 11.3. The van der Waals surface area contributed by atoms with Crippen LogP contribution in [0.1, 0.15) is 40.1 Å². The number of carbonyl (C=O) groups is 2. The van der Waals surface area contributed by atoms with Gasteiger partial charge < -0.3 is 10.4 Å². The van der Waals surface area contributed by atoms with Crippen LogP contribution in [0.5, 0.6) is 0 Å². The zero-order valence-electron chi connectivity index (χ0n) is 10.3. The Kier molecular flexibility index (Phi) is 4.03. The van der Waals surface area contributed by atoms with E-state index in [2.05, 4.69) is 5.32 Å². The highest BCUT2D eigenvalue weighted by Crippen LogP contribution is 2.38. The van der Waals surface area contributed by atoms with E-state index in [1.165, 1.54) is 0 Å². The molecule has 1 heterocycles. The lowest BCUT2D eigenvalue weighted by molar-refractivity contribution is -0.150. The van der Waals surface area contributed by atoms with Crippen molar-refractivity contribution in [3.8, 4) is 0 Å². The van der Waals surface area contributed by atoms with Gasteiger partial charge in [0.15, 0.2) is 0 Å². The number of nitrogens with one attached hydrogen (secondary N) is 1. The third-order valence-electron chi connectivity index (χ3n) is 3.00. The molecule has 4 nitrogen and oxygen atoms in total. The van der Waals surface area contributed by atoms with Gasteiger partial charge >= 0.3 is 12.1 Å². The maximum Gasteiger partial charge on any atom is 0.397 e. The Morgan fingerprint density at radius 3 is 2.50 bits per heavy atom. The van der Waals surface area contributed by atoms with Gasteiger partial charge in [-0.3, -0.25) is 4.79 Å². The Morgan fingerprint density at radius 1 is 1.25 bits per heavy atom. The molecule has 8 heteroatoms. The van der Waals surface area contributed by atoms with Crippen LogP contribution in [0.2, 0.25) is 0 Å². The van der Waals surface area contributed by atoms with Crippen LogP contribution in [-0.2, 0) is 17.6 Å². The second kappa shape index (κ2) is 5.43. The first-order chi connectivity index (χ1) is 9.28. The van der Waals surface area contributed by atoms with Crippen molar-refractivity contribution in [3.63, 3.8) is 0 Å². The first-order valence-electron chi connectivity index (χ1n) is 6.02. The second-order valence-corrected chi connectivity index (χ2v) is 5.67. The zero-order chi connectivity index (χ0) is 14.9. The number of fused-ring (bicyclic) bond motifs is 1. The minimum Gasteiger partial charge on any atom is -0.478 e. The smallest absolute Gasteiger partial charge is 0.397 e. The van der Waals surface area contributed by atoms with Crippen LogP contribution >= 0.6 is 11.3 Å². The van der Waals surface area contributed by atoms with Crippen molar-refractivity contribution in [3.05, 3.63) is 16.0 Å². The molecule has 0 spiro atoms. The number of carboxylic acid groups (broad SMARTS) is 1. The normalized spacial score (nSPS) is 14.8. The van der Waals surface area contributed by atoms with E-state index in [4.69, 9.17) is 0 Å². The molecule has 0 saturated carbocycles. The Labute approximate surface area is 116 Å². The number of amides is 1. The monoisotopic (exact) mass is 307 g/mol. The Bertz CT molecular complexity index is 551. The van der Waals surface area contributed by atoms with Crippen LogP contribution in [0.15, 0.2) is 0 Å². The van der Waals surface area contributed by atoms with Crippen molar-refractivity contribution in [2.24, 2.45) is 0 Å². The molecule has 110 valence electrons. The topological polar surface area (TPSA) is 66.4 Å².